The zero-order valence-corrected chi connectivity index (χ0v) is 9.23. The maximum Gasteiger partial charge on any atom is 0.405 e. The zero-order chi connectivity index (χ0) is 12.7. The summed E-state index contributed by atoms with van der Waals surface area (Å²) in [6, 6.07) is 0. The first-order valence-electron chi connectivity index (χ1n) is 4.72. The van der Waals surface area contributed by atoms with Crippen molar-refractivity contribution in [2.24, 2.45) is 5.41 Å². The second kappa shape index (κ2) is 3.77. The van der Waals surface area contributed by atoms with Crippen molar-refractivity contribution in [2.75, 3.05) is 5.73 Å². The van der Waals surface area contributed by atoms with Gasteiger partial charge in [-0.15, -0.1) is 0 Å². The van der Waals surface area contributed by atoms with Gasteiger partial charge in [0.2, 0.25) is 0 Å². The number of nitrogen functional groups attached to an aromatic ring is 1. The number of aromatic nitrogens is 2. The van der Waals surface area contributed by atoms with E-state index >= 15 is 0 Å². The van der Waals surface area contributed by atoms with E-state index in [0.717, 1.165) is 0 Å². The van der Waals surface area contributed by atoms with Gasteiger partial charge in [0, 0.05) is 0 Å². The average molecular weight is 262 g/mol. The molecule has 0 amide bonds. The highest BCUT2D eigenvalue weighted by atomic mass is 35.5. The molecule has 2 N–H and O–H groups in total. The number of alkyl halides is 3. The lowest BCUT2D eigenvalue weighted by Crippen LogP contribution is -2.22. The van der Waals surface area contributed by atoms with Gasteiger partial charge in [-0.2, -0.15) is 13.2 Å². The molecule has 1 aromatic rings. The lowest BCUT2D eigenvalue weighted by molar-refractivity contribution is -0.168. The van der Waals surface area contributed by atoms with E-state index in [2.05, 4.69) is 21.8 Å². The van der Waals surface area contributed by atoms with Gasteiger partial charge in [0.15, 0.2) is 11.5 Å². The first kappa shape index (κ1) is 12.0. The van der Waals surface area contributed by atoms with Gasteiger partial charge in [0.25, 0.3) is 0 Å². The fourth-order valence-corrected chi connectivity index (χ4v) is 1.40. The van der Waals surface area contributed by atoms with Crippen LogP contribution in [0.5, 0.6) is 0 Å². The predicted molar refractivity (Wildman–Crippen MR) is 56.1 cm³/mol. The topological polar surface area (TPSA) is 51.8 Å². The molecular weight excluding hydrogens is 255 g/mol. The minimum Gasteiger partial charge on any atom is -0.381 e. The van der Waals surface area contributed by atoms with E-state index in [4.69, 9.17) is 17.3 Å². The summed E-state index contributed by atoms with van der Waals surface area (Å²) >= 11 is 5.51. The second-order valence-electron chi connectivity index (χ2n) is 3.76. The molecule has 0 spiro atoms. The monoisotopic (exact) mass is 261 g/mol. The van der Waals surface area contributed by atoms with E-state index in [1.807, 2.05) is 0 Å². The van der Waals surface area contributed by atoms with Gasteiger partial charge in [-0.05, 0) is 18.8 Å². The Morgan fingerprint density at radius 2 is 2.06 bits per heavy atom. The van der Waals surface area contributed by atoms with Crippen molar-refractivity contribution in [3.8, 4) is 11.8 Å². The number of halogens is 4. The Bertz CT molecular complexity index is 512. The van der Waals surface area contributed by atoms with E-state index < -0.39 is 11.6 Å². The van der Waals surface area contributed by atoms with E-state index in [-0.39, 0.29) is 29.5 Å². The molecule has 0 atom stereocenters. The van der Waals surface area contributed by atoms with Crippen LogP contribution in [0.1, 0.15) is 18.5 Å². The Hall–Kier alpha value is -1.48. The number of rotatable bonds is 0. The van der Waals surface area contributed by atoms with E-state index in [9.17, 15) is 13.2 Å². The van der Waals surface area contributed by atoms with E-state index in [1.165, 1.54) is 6.20 Å². The maximum atomic E-state index is 12.6. The Morgan fingerprint density at radius 1 is 1.41 bits per heavy atom. The number of nitrogens with zero attached hydrogens (tertiary/aromatic N) is 2. The molecule has 0 bridgehead atoms. The number of anilines is 1. The van der Waals surface area contributed by atoms with Crippen molar-refractivity contribution in [1.82, 2.24) is 9.97 Å². The number of hydrogen-bond donors (Lipinski definition) is 1. The van der Waals surface area contributed by atoms with Crippen LogP contribution in [-0.2, 0) is 0 Å². The third kappa shape index (κ3) is 2.29. The second-order valence-corrected chi connectivity index (χ2v) is 4.14. The van der Waals surface area contributed by atoms with Crippen molar-refractivity contribution >= 4 is 17.4 Å². The van der Waals surface area contributed by atoms with E-state index in [1.54, 1.807) is 0 Å². The lowest BCUT2D eigenvalue weighted by atomic mass is 10.1. The Morgan fingerprint density at radius 3 is 2.53 bits per heavy atom. The van der Waals surface area contributed by atoms with Crippen LogP contribution in [0.25, 0.3) is 0 Å². The van der Waals surface area contributed by atoms with Crippen molar-refractivity contribution in [3.63, 3.8) is 0 Å². The first-order valence-corrected chi connectivity index (χ1v) is 5.10. The molecule has 0 aromatic carbocycles. The summed E-state index contributed by atoms with van der Waals surface area (Å²) in [5.41, 5.74) is 3.57. The molecule has 90 valence electrons. The summed E-state index contributed by atoms with van der Waals surface area (Å²) in [7, 11) is 0. The molecule has 17 heavy (non-hydrogen) atoms. The maximum absolute atomic E-state index is 12.6. The van der Waals surface area contributed by atoms with Gasteiger partial charge in [-0.1, -0.05) is 17.5 Å². The molecule has 3 nitrogen and oxygen atoms in total. The minimum absolute atomic E-state index is 0.0183. The summed E-state index contributed by atoms with van der Waals surface area (Å²) in [5.74, 6) is 4.44. The minimum atomic E-state index is -4.31. The standard InChI is InChI=1S/C10H7ClF3N3/c11-7-5-16-6(8(15)17-7)1-2-9(3-4-9)10(12,13)14/h5H,3-4H2,(H2,15,17). The highest BCUT2D eigenvalue weighted by molar-refractivity contribution is 6.29. The van der Waals surface area contributed by atoms with Crippen molar-refractivity contribution < 1.29 is 13.2 Å². The SMILES string of the molecule is Nc1nc(Cl)cnc1C#CC1(C(F)(F)F)CC1. The fraction of sp³-hybridized carbons (Fsp3) is 0.400. The molecule has 2 rings (SSSR count). The van der Waals surface area contributed by atoms with Gasteiger partial charge in [0.05, 0.1) is 6.20 Å². The largest absolute Gasteiger partial charge is 0.405 e. The van der Waals surface area contributed by atoms with E-state index in [0.29, 0.717) is 0 Å². The Labute approximate surface area is 100 Å². The molecule has 1 saturated carbocycles. The van der Waals surface area contributed by atoms with Crippen LogP contribution >= 0.6 is 11.6 Å². The van der Waals surface area contributed by atoms with Crippen LogP contribution in [0.2, 0.25) is 5.15 Å². The third-order valence-corrected chi connectivity index (χ3v) is 2.66. The first-order chi connectivity index (χ1) is 7.84. The lowest BCUT2D eigenvalue weighted by Gasteiger charge is -2.11. The van der Waals surface area contributed by atoms with Crippen LogP contribution in [0.4, 0.5) is 19.0 Å². The van der Waals surface area contributed by atoms with Crippen LogP contribution in [0.3, 0.4) is 0 Å². The molecule has 0 radical (unpaired) electrons. The van der Waals surface area contributed by atoms with Crippen molar-refractivity contribution in [3.05, 3.63) is 17.0 Å². The highest BCUT2D eigenvalue weighted by Gasteiger charge is 2.62. The van der Waals surface area contributed by atoms with Crippen molar-refractivity contribution in [1.29, 1.82) is 0 Å². The average Bonchev–Trinajstić information content (AvgIpc) is 2.96. The molecule has 0 saturated heterocycles. The molecular formula is C10H7ClF3N3. The molecule has 0 unspecified atom stereocenters. The van der Waals surface area contributed by atoms with Crippen LogP contribution in [-0.4, -0.2) is 16.1 Å². The molecule has 1 aromatic heterocycles. The summed E-state index contributed by atoms with van der Waals surface area (Å²) in [6.45, 7) is 0. The molecule has 1 heterocycles. The molecule has 1 fully saturated rings. The summed E-state index contributed by atoms with van der Waals surface area (Å²) in [5, 5.41) is 0.0741. The van der Waals surface area contributed by atoms with Gasteiger partial charge < -0.3 is 5.73 Å². The Kier molecular flexibility index (Phi) is 2.66. The van der Waals surface area contributed by atoms with Crippen LogP contribution in [0.15, 0.2) is 6.20 Å². The smallest absolute Gasteiger partial charge is 0.381 e. The number of nitrogens with two attached hydrogens (primary N) is 1. The quantitative estimate of drug-likeness (QED) is 0.730. The van der Waals surface area contributed by atoms with Crippen molar-refractivity contribution in [2.45, 2.75) is 19.0 Å². The molecule has 1 aliphatic carbocycles. The molecule has 1 aliphatic rings. The summed E-state index contributed by atoms with van der Waals surface area (Å²) in [6.07, 6.45) is -3.08. The summed E-state index contributed by atoms with van der Waals surface area (Å²) < 4.78 is 37.7. The van der Waals surface area contributed by atoms with Gasteiger partial charge >= 0.3 is 6.18 Å². The van der Waals surface area contributed by atoms with Gasteiger partial charge in [-0.3, -0.25) is 0 Å². The zero-order valence-electron chi connectivity index (χ0n) is 8.48. The normalized spacial score (nSPS) is 17.2. The van der Waals surface area contributed by atoms with Gasteiger partial charge in [0.1, 0.15) is 10.6 Å². The third-order valence-electron chi connectivity index (χ3n) is 2.48. The van der Waals surface area contributed by atoms with Gasteiger partial charge in [-0.25, -0.2) is 9.97 Å². The predicted octanol–water partition coefficient (Wildman–Crippen LogP) is 2.41. The van der Waals surface area contributed by atoms with Crippen LogP contribution in [0, 0.1) is 17.3 Å². The molecule has 7 heteroatoms. The highest BCUT2D eigenvalue weighted by Crippen LogP contribution is 2.57. The number of hydrogen-bond acceptors (Lipinski definition) is 3. The Balaban J connectivity index is 2.28. The van der Waals surface area contributed by atoms with Crippen LogP contribution < -0.4 is 5.73 Å². The fourth-order valence-electron chi connectivity index (χ4n) is 1.26. The molecule has 0 aliphatic heterocycles. The summed E-state index contributed by atoms with van der Waals surface area (Å²) in [4.78, 5) is 7.38.